The van der Waals surface area contributed by atoms with Crippen molar-refractivity contribution < 1.29 is 9.59 Å². The van der Waals surface area contributed by atoms with Crippen LogP contribution in [0, 0.1) is 0 Å². The van der Waals surface area contributed by atoms with Gasteiger partial charge >= 0.3 is 0 Å². The highest BCUT2D eigenvalue weighted by molar-refractivity contribution is 6.42. The molecular weight excluding hydrogens is 543 g/mol. The number of benzene rings is 2. The summed E-state index contributed by atoms with van der Waals surface area (Å²) < 4.78 is 0. The molecule has 2 heterocycles. The molecule has 6 nitrogen and oxygen atoms in total. The van der Waals surface area contributed by atoms with Crippen LogP contribution in [0.1, 0.15) is 73.7 Å². The van der Waals surface area contributed by atoms with Gasteiger partial charge in [-0.25, -0.2) is 0 Å². The minimum Gasteiger partial charge on any atom is -0.344 e. The van der Waals surface area contributed by atoms with Crippen molar-refractivity contribution >= 4 is 34.9 Å². The quantitative estimate of drug-likeness (QED) is 0.308. The molecule has 0 spiro atoms. The van der Waals surface area contributed by atoms with E-state index >= 15 is 0 Å². The minimum atomic E-state index is -0.430. The van der Waals surface area contributed by atoms with Crippen LogP contribution in [-0.4, -0.2) is 79.4 Å². The molecule has 2 aromatic rings. The van der Waals surface area contributed by atoms with Crippen molar-refractivity contribution in [2.24, 2.45) is 0 Å². The fourth-order valence-corrected chi connectivity index (χ4v) is 6.77. The van der Waals surface area contributed by atoms with Crippen molar-refractivity contribution in [1.29, 1.82) is 0 Å². The van der Waals surface area contributed by atoms with Gasteiger partial charge in [-0.1, -0.05) is 66.0 Å². The first-order valence-electron chi connectivity index (χ1n) is 14.8. The molecule has 2 unspecified atom stereocenters. The van der Waals surface area contributed by atoms with E-state index in [0.717, 1.165) is 70.3 Å². The largest absolute Gasteiger partial charge is 0.344 e. The smallest absolute Gasteiger partial charge is 0.242 e. The monoisotopic (exact) mass is 586 g/mol. The number of rotatable bonds is 12. The molecule has 0 radical (unpaired) electrons. The predicted octanol–water partition coefficient (Wildman–Crippen LogP) is 5.78. The third-order valence-corrected chi connectivity index (χ3v) is 9.60. The molecule has 8 heteroatoms. The summed E-state index contributed by atoms with van der Waals surface area (Å²) in [7, 11) is 1.94. The lowest BCUT2D eigenvalue weighted by Crippen LogP contribution is -2.66. The van der Waals surface area contributed by atoms with Crippen LogP contribution in [-0.2, 0) is 4.79 Å². The number of nitrogens with one attached hydrogen (secondary N) is 2. The number of likely N-dealkylation sites (N-methyl/N-ethyl adjacent to an activating group) is 1. The van der Waals surface area contributed by atoms with Gasteiger partial charge in [0.05, 0.1) is 16.6 Å². The average Bonchev–Trinajstić information content (AvgIpc) is 3.00. The molecule has 2 aliphatic rings. The maximum Gasteiger partial charge on any atom is 0.242 e. The second-order valence-corrected chi connectivity index (χ2v) is 12.1. The summed E-state index contributed by atoms with van der Waals surface area (Å²) in [5, 5.41) is 7.98. The van der Waals surface area contributed by atoms with Gasteiger partial charge in [-0.05, 0) is 88.7 Å². The Kier molecular flexibility index (Phi) is 11.5. The predicted molar refractivity (Wildman–Crippen MR) is 165 cm³/mol. The number of carbonyl (C=O) groups excluding carboxylic acids is 2. The van der Waals surface area contributed by atoms with Crippen molar-refractivity contribution in [2.45, 2.75) is 69.4 Å². The lowest BCUT2D eigenvalue weighted by Gasteiger charge is -2.52. The third-order valence-electron chi connectivity index (χ3n) is 8.86. The van der Waals surface area contributed by atoms with E-state index in [1.807, 2.05) is 60.5 Å². The van der Waals surface area contributed by atoms with Gasteiger partial charge in [-0.2, -0.15) is 0 Å². The van der Waals surface area contributed by atoms with E-state index < -0.39 is 5.54 Å². The molecule has 1 amide bonds. The molecule has 2 fully saturated rings. The molecule has 2 aromatic carbocycles. The topological polar surface area (TPSA) is 64.7 Å². The Hall–Kier alpha value is -1.96. The second kappa shape index (κ2) is 14.8. The molecule has 0 aliphatic carbocycles. The van der Waals surface area contributed by atoms with Crippen molar-refractivity contribution in [3.05, 3.63) is 69.7 Å². The molecule has 2 atom stereocenters. The molecule has 2 saturated heterocycles. The molecular formula is C32H44Cl2N4O2. The van der Waals surface area contributed by atoms with Gasteiger partial charge in [0.1, 0.15) is 5.54 Å². The minimum absolute atomic E-state index is 0.0818. The van der Waals surface area contributed by atoms with Crippen LogP contribution in [0.5, 0.6) is 0 Å². The highest BCUT2D eigenvalue weighted by Gasteiger charge is 2.48. The van der Waals surface area contributed by atoms with Crippen LogP contribution in [0.25, 0.3) is 0 Å². The number of piperidine rings is 2. The van der Waals surface area contributed by atoms with E-state index in [2.05, 4.69) is 22.5 Å². The van der Waals surface area contributed by atoms with Crippen molar-refractivity contribution in [3.8, 4) is 0 Å². The van der Waals surface area contributed by atoms with Gasteiger partial charge < -0.3 is 15.5 Å². The summed E-state index contributed by atoms with van der Waals surface area (Å²) in [4.78, 5) is 31.0. The number of hydrogen-bond donors (Lipinski definition) is 2. The Labute approximate surface area is 249 Å². The standard InChI is InChI=1S/C32H44Cl2N4O2/c1-3-37(2)31(40)32(16-18-35-19-17-32)38-20-8-7-11-27(38)14-12-26(25-13-15-28(33)29(34)21-25)22-36-23-30(39)24-9-5-4-6-10-24/h4-6,9-10,13,15,21,26-27,35-36H,3,7-8,11-12,14,16-20,22-23H2,1-2H3. The average molecular weight is 588 g/mol. The number of halogens is 2. The maximum absolute atomic E-state index is 13.8. The van der Waals surface area contributed by atoms with E-state index in [0.29, 0.717) is 28.2 Å². The summed E-state index contributed by atoms with van der Waals surface area (Å²) in [6.45, 7) is 6.43. The SMILES string of the molecule is CCN(C)C(=O)C1(N2CCCCC2CCC(CNCC(=O)c2ccccc2)c2ccc(Cl)c(Cl)c2)CCNCC1. The van der Waals surface area contributed by atoms with E-state index in [4.69, 9.17) is 23.2 Å². The zero-order valence-corrected chi connectivity index (χ0v) is 25.4. The molecule has 40 heavy (non-hydrogen) atoms. The Bertz CT molecular complexity index is 1120. The number of hydrogen-bond acceptors (Lipinski definition) is 5. The Balaban J connectivity index is 1.50. The Morgan fingerprint density at radius 2 is 1.85 bits per heavy atom. The first-order chi connectivity index (χ1) is 19.4. The van der Waals surface area contributed by atoms with E-state index in [9.17, 15) is 9.59 Å². The molecule has 2 N–H and O–H groups in total. The molecule has 0 bridgehead atoms. The van der Waals surface area contributed by atoms with Crippen molar-refractivity contribution in [2.75, 3.05) is 46.3 Å². The highest BCUT2D eigenvalue weighted by Crippen LogP contribution is 2.37. The number of ketones is 1. The lowest BCUT2D eigenvalue weighted by molar-refractivity contribution is -0.149. The number of Topliss-reactive ketones (excluding diaryl/α,β-unsaturated/α-hetero) is 1. The third kappa shape index (κ3) is 7.46. The number of amides is 1. The lowest BCUT2D eigenvalue weighted by atomic mass is 9.80. The van der Waals surface area contributed by atoms with E-state index in [1.54, 1.807) is 0 Å². The highest BCUT2D eigenvalue weighted by atomic mass is 35.5. The van der Waals surface area contributed by atoms with Gasteiger partial charge in [0.2, 0.25) is 5.91 Å². The van der Waals surface area contributed by atoms with E-state index in [1.165, 1.54) is 6.42 Å². The summed E-state index contributed by atoms with van der Waals surface area (Å²) in [5.74, 6) is 0.518. The fourth-order valence-electron chi connectivity index (χ4n) is 6.46. The van der Waals surface area contributed by atoms with Crippen LogP contribution < -0.4 is 10.6 Å². The molecule has 4 rings (SSSR count). The first kappa shape index (κ1) is 31.0. The maximum atomic E-state index is 13.8. The van der Waals surface area contributed by atoms with Crippen molar-refractivity contribution in [1.82, 2.24) is 20.4 Å². The van der Waals surface area contributed by atoms with Crippen LogP contribution in [0.3, 0.4) is 0 Å². The summed E-state index contributed by atoms with van der Waals surface area (Å²) in [6.07, 6.45) is 7.04. The summed E-state index contributed by atoms with van der Waals surface area (Å²) in [5.41, 5.74) is 1.41. The number of nitrogens with zero attached hydrogens (tertiary/aromatic N) is 2. The Morgan fingerprint density at radius 3 is 2.55 bits per heavy atom. The summed E-state index contributed by atoms with van der Waals surface area (Å²) in [6, 6.07) is 15.6. The van der Waals surface area contributed by atoms with Crippen LogP contribution >= 0.6 is 23.2 Å². The van der Waals surface area contributed by atoms with Crippen LogP contribution in [0.15, 0.2) is 48.5 Å². The number of likely N-dealkylation sites (tertiary alicyclic amines) is 1. The molecule has 0 aromatic heterocycles. The molecule has 0 saturated carbocycles. The van der Waals surface area contributed by atoms with Gasteiger partial charge in [0, 0.05) is 31.7 Å². The zero-order chi connectivity index (χ0) is 28.5. The van der Waals surface area contributed by atoms with Gasteiger partial charge in [0.15, 0.2) is 5.78 Å². The first-order valence-corrected chi connectivity index (χ1v) is 15.6. The summed E-state index contributed by atoms with van der Waals surface area (Å²) >= 11 is 12.7. The fraction of sp³-hybridized carbons (Fsp3) is 0.562. The van der Waals surface area contributed by atoms with E-state index in [-0.39, 0.29) is 24.2 Å². The number of carbonyl (C=O) groups is 2. The van der Waals surface area contributed by atoms with Crippen LogP contribution in [0.4, 0.5) is 0 Å². The van der Waals surface area contributed by atoms with Gasteiger partial charge in [0.25, 0.3) is 0 Å². The normalized spacial score (nSPS) is 20.1. The van der Waals surface area contributed by atoms with Gasteiger partial charge in [-0.15, -0.1) is 0 Å². The van der Waals surface area contributed by atoms with Crippen molar-refractivity contribution in [3.63, 3.8) is 0 Å². The molecule has 2 aliphatic heterocycles. The zero-order valence-electron chi connectivity index (χ0n) is 23.9. The molecule has 218 valence electrons. The Morgan fingerprint density at radius 1 is 1.10 bits per heavy atom. The van der Waals surface area contributed by atoms with Crippen LogP contribution in [0.2, 0.25) is 10.0 Å². The van der Waals surface area contributed by atoms with Gasteiger partial charge in [-0.3, -0.25) is 14.5 Å². The second-order valence-electron chi connectivity index (χ2n) is 11.3.